The van der Waals surface area contributed by atoms with E-state index in [0.717, 1.165) is 5.69 Å². The molecule has 2 heterocycles. The second kappa shape index (κ2) is 5.48. The molecular formula is C14H21N5O. The Bertz CT molecular complexity index is 632. The third-order valence-electron chi connectivity index (χ3n) is 3.16. The lowest BCUT2D eigenvalue weighted by atomic mass is 10.2. The molecule has 108 valence electrons. The number of nitrogens with zero attached hydrogens (tertiary/aromatic N) is 3. The molecule has 0 aliphatic carbocycles. The number of fused-ring (bicyclic) bond motifs is 1. The van der Waals surface area contributed by atoms with Crippen molar-refractivity contribution in [2.75, 3.05) is 12.3 Å². The van der Waals surface area contributed by atoms with Gasteiger partial charge in [0.05, 0.1) is 0 Å². The summed E-state index contributed by atoms with van der Waals surface area (Å²) in [6.45, 7) is 8.45. The van der Waals surface area contributed by atoms with Gasteiger partial charge in [0.1, 0.15) is 11.6 Å². The molecule has 1 amide bonds. The molecule has 6 heteroatoms. The summed E-state index contributed by atoms with van der Waals surface area (Å²) in [5, 5.41) is 2.91. The van der Waals surface area contributed by atoms with E-state index < -0.39 is 6.04 Å². The van der Waals surface area contributed by atoms with Gasteiger partial charge in [-0.2, -0.15) is 0 Å². The first kappa shape index (κ1) is 14.3. The zero-order chi connectivity index (χ0) is 14.9. The number of pyridine rings is 1. The number of nitrogens with one attached hydrogen (secondary N) is 1. The van der Waals surface area contributed by atoms with Gasteiger partial charge in [0.25, 0.3) is 0 Å². The SMILES string of the molecule is Cc1ccc2nc(N)n(C(C)C(=O)NCC(C)C)c2n1. The van der Waals surface area contributed by atoms with Gasteiger partial charge in [-0.3, -0.25) is 9.36 Å². The van der Waals surface area contributed by atoms with E-state index in [1.165, 1.54) is 0 Å². The van der Waals surface area contributed by atoms with E-state index in [-0.39, 0.29) is 5.91 Å². The molecule has 0 saturated carbocycles. The van der Waals surface area contributed by atoms with Crippen LogP contribution in [0.15, 0.2) is 12.1 Å². The van der Waals surface area contributed by atoms with Crippen LogP contribution in [0.2, 0.25) is 0 Å². The zero-order valence-corrected chi connectivity index (χ0v) is 12.3. The number of aryl methyl sites for hydroxylation is 1. The van der Waals surface area contributed by atoms with E-state index in [9.17, 15) is 4.79 Å². The van der Waals surface area contributed by atoms with E-state index in [0.29, 0.717) is 29.6 Å². The highest BCUT2D eigenvalue weighted by molar-refractivity contribution is 5.84. The highest BCUT2D eigenvalue weighted by Gasteiger charge is 2.21. The summed E-state index contributed by atoms with van der Waals surface area (Å²) in [6, 6.07) is 3.30. The monoisotopic (exact) mass is 275 g/mol. The molecule has 6 nitrogen and oxygen atoms in total. The summed E-state index contributed by atoms with van der Waals surface area (Å²) in [7, 11) is 0. The van der Waals surface area contributed by atoms with Crippen molar-refractivity contribution in [2.45, 2.75) is 33.7 Å². The Morgan fingerprint density at radius 2 is 2.05 bits per heavy atom. The number of carbonyl (C=O) groups excluding carboxylic acids is 1. The van der Waals surface area contributed by atoms with Crippen molar-refractivity contribution in [1.82, 2.24) is 19.9 Å². The van der Waals surface area contributed by atoms with Crippen LogP contribution < -0.4 is 11.1 Å². The highest BCUT2D eigenvalue weighted by atomic mass is 16.2. The molecule has 0 aliphatic heterocycles. The van der Waals surface area contributed by atoms with Crippen LogP contribution in [0.4, 0.5) is 5.95 Å². The number of hydrogen-bond donors (Lipinski definition) is 2. The molecule has 0 fully saturated rings. The average Bonchev–Trinajstić information content (AvgIpc) is 2.70. The van der Waals surface area contributed by atoms with Crippen LogP contribution in [0.1, 0.15) is 32.5 Å². The highest BCUT2D eigenvalue weighted by Crippen LogP contribution is 2.21. The van der Waals surface area contributed by atoms with Gasteiger partial charge in [0.2, 0.25) is 11.9 Å². The predicted octanol–water partition coefficient (Wildman–Crippen LogP) is 1.66. The number of hydrogen-bond acceptors (Lipinski definition) is 4. The summed E-state index contributed by atoms with van der Waals surface area (Å²) in [5.41, 5.74) is 8.15. The standard InChI is InChI=1S/C14H21N5O/c1-8(2)7-16-13(20)10(4)19-12-11(18-14(19)15)6-5-9(3)17-12/h5-6,8,10H,7H2,1-4H3,(H2,15,18)(H,16,20). The normalized spacial score (nSPS) is 12.8. The predicted molar refractivity (Wildman–Crippen MR) is 79.2 cm³/mol. The lowest BCUT2D eigenvalue weighted by molar-refractivity contribution is -0.123. The van der Waals surface area contributed by atoms with Crippen molar-refractivity contribution in [2.24, 2.45) is 5.92 Å². The quantitative estimate of drug-likeness (QED) is 0.888. The minimum Gasteiger partial charge on any atom is -0.369 e. The van der Waals surface area contributed by atoms with E-state index in [4.69, 9.17) is 5.73 Å². The topological polar surface area (TPSA) is 85.8 Å². The number of nitrogen functional groups attached to an aromatic ring is 1. The third kappa shape index (κ3) is 2.74. The summed E-state index contributed by atoms with van der Waals surface area (Å²) in [5.74, 6) is 0.640. The molecule has 2 aromatic heterocycles. The van der Waals surface area contributed by atoms with E-state index >= 15 is 0 Å². The maximum absolute atomic E-state index is 12.2. The number of imidazole rings is 1. The molecule has 0 spiro atoms. The van der Waals surface area contributed by atoms with Crippen molar-refractivity contribution in [3.05, 3.63) is 17.8 Å². The lowest BCUT2D eigenvalue weighted by Gasteiger charge is -2.16. The molecule has 0 radical (unpaired) electrons. The molecule has 1 unspecified atom stereocenters. The zero-order valence-electron chi connectivity index (χ0n) is 12.3. The number of carbonyl (C=O) groups is 1. The first-order chi connectivity index (χ1) is 9.40. The largest absolute Gasteiger partial charge is 0.369 e. The summed E-state index contributed by atoms with van der Waals surface area (Å²) in [4.78, 5) is 20.9. The Hall–Kier alpha value is -2.11. The summed E-state index contributed by atoms with van der Waals surface area (Å²) in [6.07, 6.45) is 0. The molecule has 2 rings (SSSR count). The molecule has 0 aromatic carbocycles. The van der Waals surface area contributed by atoms with Crippen molar-refractivity contribution >= 4 is 23.0 Å². The van der Waals surface area contributed by atoms with Crippen LogP contribution >= 0.6 is 0 Å². The summed E-state index contributed by atoms with van der Waals surface area (Å²) < 4.78 is 1.68. The van der Waals surface area contributed by atoms with E-state index in [1.54, 1.807) is 11.5 Å². The van der Waals surface area contributed by atoms with Crippen LogP contribution in [-0.2, 0) is 4.79 Å². The minimum atomic E-state index is -0.437. The molecular weight excluding hydrogens is 254 g/mol. The number of rotatable bonds is 4. The molecule has 0 bridgehead atoms. The maximum Gasteiger partial charge on any atom is 0.242 e. The second-order valence-corrected chi connectivity index (χ2v) is 5.45. The first-order valence-electron chi connectivity index (χ1n) is 6.79. The van der Waals surface area contributed by atoms with Crippen LogP contribution in [0, 0.1) is 12.8 Å². The fourth-order valence-electron chi connectivity index (χ4n) is 2.04. The van der Waals surface area contributed by atoms with Gasteiger partial charge in [-0.25, -0.2) is 9.97 Å². The fraction of sp³-hybridized carbons (Fsp3) is 0.500. The van der Waals surface area contributed by atoms with Crippen LogP contribution in [-0.4, -0.2) is 27.0 Å². The number of anilines is 1. The Balaban J connectivity index is 2.34. The number of aromatic nitrogens is 3. The van der Waals surface area contributed by atoms with Gasteiger partial charge in [-0.1, -0.05) is 13.8 Å². The molecule has 0 saturated heterocycles. The van der Waals surface area contributed by atoms with Crippen molar-refractivity contribution in [3.63, 3.8) is 0 Å². The van der Waals surface area contributed by atoms with Gasteiger partial charge in [-0.05, 0) is 31.9 Å². The molecule has 2 aromatic rings. The Kier molecular flexibility index (Phi) is 3.92. The molecule has 0 aliphatic rings. The smallest absolute Gasteiger partial charge is 0.242 e. The van der Waals surface area contributed by atoms with Crippen molar-refractivity contribution < 1.29 is 4.79 Å². The molecule has 20 heavy (non-hydrogen) atoms. The maximum atomic E-state index is 12.2. The van der Waals surface area contributed by atoms with E-state index in [1.807, 2.05) is 19.1 Å². The molecule has 3 N–H and O–H groups in total. The third-order valence-corrected chi connectivity index (χ3v) is 3.16. The van der Waals surface area contributed by atoms with Gasteiger partial charge < -0.3 is 11.1 Å². The van der Waals surface area contributed by atoms with Gasteiger partial charge in [0, 0.05) is 12.2 Å². The van der Waals surface area contributed by atoms with Crippen LogP contribution in [0.3, 0.4) is 0 Å². The lowest BCUT2D eigenvalue weighted by Crippen LogP contribution is -2.34. The number of nitrogens with two attached hydrogens (primary N) is 1. The van der Waals surface area contributed by atoms with Crippen molar-refractivity contribution in [1.29, 1.82) is 0 Å². The Morgan fingerprint density at radius 3 is 2.70 bits per heavy atom. The second-order valence-electron chi connectivity index (χ2n) is 5.45. The van der Waals surface area contributed by atoms with Gasteiger partial charge in [-0.15, -0.1) is 0 Å². The van der Waals surface area contributed by atoms with Gasteiger partial charge in [0.15, 0.2) is 5.65 Å². The van der Waals surface area contributed by atoms with Crippen molar-refractivity contribution in [3.8, 4) is 0 Å². The molecule has 1 atom stereocenters. The summed E-state index contributed by atoms with van der Waals surface area (Å²) >= 11 is 0. The van der Waals surface area contributed by atoms with Crippen LogP contribution in [0.5, 0.6) is 0 Å². The fourth-order valence-corrected chi connectivity index (χ4v) is 2.04. The van der Waals surface area contributed by atoms with E-state index in [2.05, 4.69) is 29.1 Å². The van der Waals surface area contributed by atoms with Gasteiger partial charge >= 0.3 is 0 Å². The average molecular weight is 275 g/mol. The number of amides is 1. The minimum absolute atomic E-state index is 0.0759. The Morgan fingerprint density at radius 1 is 1.35 bits per heavy atom. The Labute approximate surface area is 118 Å². The first-order valence-corrected chi connectivity index (χ1v) is 6.79. The van der Waals surface area contributed by atoms with Crippen LogP contribution in [0.25, 0.3) is 11.2 Å².